The Labute approximate surface area is 399 Å². The zero-order chi connectivity index (χ0) is 48.9. The number of halogens is 1. The van der Waals surface area contributed by atoms with Crippen molar-refractivity contribution in [1.82, 2.24) is 56.4 Å². The van der Waals surface area contributed by atoms with Crippen LogP contribution in [-0.4, -0.2) is 106 Å². The number of amides is 2. The number of nitrogens with zero attached hydrogens (tertiary/aromatic N) is 6. The second-order valence-corrected chi connectivity index (χ2v) is 14.9. The second kappa shape index (κ2) is 29.8. The number of unbranched alkanes of at least 4 members (excludes halogenated alkanes) is 1. The molecule has 358 valence electrons. The lowest BCUT2D eigenvalue weighted by Gasteiger charge is -2.15. The molecule has 0 saturated heterocycles. The molecule has 0 bridgehead atoms. The Balaban J connectivity index is 0.000000245. The van der Waals surface area contributed by atoms with Gasteiger partial charge in [0.05, 0.1) is 17.0 Å². The Kier molecular flexibility index (Phi) is 23.2. The van der Waals surface area contributed by atoms with Gasteiger partial charge in [0.2, 0.25) is 17.8 Å². The fraction of sp³-hybridized carbons (Fsp3) is 0.277. The molecular weight excluding hydrogens is 890 g/mol. The Morgan fingerprint density at radius 1 is 0.809 bits per heavy atom. The predicted octanol–water partition coefficient (Wildman–Crippen LogP) is 5.39. The molecule has 0 unspecified atom stereocenters. The van der Waals surface area contributed by atoms with Crippen LogP contribution < -0.4 is 43.0 Å². The van der Waals surface area contributed by atoms with Gasteiger partial charge in [-0.2, -0.15) is 20.1 Å². The molecule has 0 aliphatic heterocycles. The summed E-state index contributed by atoms with van der Waals surface area (Å²) in [5, 5.41) is 28.3. The molecule has 0 atom stereocenters. The molecule has 21 heteroatoms. The maximum atomic E-state index is 12.8. The summed E-state index contributed by atoms with van der Waals surface area (Å²) < 4.78 is 5.21. The number of aldehydes is 2. The van der Waals surface area contributed by atoms with Crippen molar-refractivity contribution in [3.05, 3.63) is 131 Å². The molecule has 2 amide bonds. The van der Waals surface area contributed by atoms with Gasteiger partial charge in [-0.15, -0.1) is 0 Å². The number of pyridine rings is 2. The highest BCUT2D eigenvalue weighted by atomic mass is 35.5. The van der Waals surface area contributed by atoms with Gasteiger partial charge >= 0.3 is 0 Å². The van der Waals surface area contributed by atoms with Gasteiger partial charge in [0, 0.05) is 89.9 Å². The van der Waals surface area contributed by atoms with E-state index in [2.05, 4.69) is 72.3 Å². The number of aromatic nitrogens is 7. The van der Waals surface area contributed by atoms with Crippen LogP contribution in [0.25, 0.3) is 22.7 Å². The van der Waals surface area contributed by atoms with Gasteiger partial charge in [0.15, 0.2) is 17.9 Å². The number of nitrogens with one attached hydrogen (secondary N) is 8. The lowest BCUT2D eigenvalue weighted by molar-refractivity contribution is -0.118. The molecule has 0 saturated carbocycles. The number of likely N-dealkylation sites (N-methyl/N-ethyl adjacent to an activating group) is 1. The van der Waals surface area contributed by atoms with Crippen LogP contribution in [0.2, 0.25) is 5.02 Å². The summed E-state index contributed by atoms with van der Waals surface area (Å²) in [5.41, 5.74) is 13.0. The fourth-order valence-electron chi connectivity index (χ4n) is 5.97. The zero-order valence-electron chi connectivity index (χ0n) is 38.4. The number of nitrogens with two attached hydrogens (primary N) is 1. The third-order valence-electron chi connectivity index (χ3n) is 9.44. The summed E-state index contributed by atoms with van der Waals surface area (Å²) in [4.78, 5) is 64.6. The standard InChI is InChI=1S/C25H28ClN5O2.C12H15N7O2.C10H15N3O/c1-16-19(6-4-8-21(16)27-3)20-7-5-9-22(24(20)26)31-25(33)23-11-10-18(15-30-23)14-28-12-13-29-17(2)32;13-11-17-10(9-4-3-7-21-9)19-16-8-15-12(18-11)14-5-1-2-6-20;1-11-4-5-12-6-9-2-3-10(8-14)13-7-9/h4-11,15,27-28H,12-14H2,1-3H3,(H,29,32)(H,31,33);3-4,6-8H,1-2,5H2,(H4,13,14,15,16,17,18,19);2-3,7-8,11-12H,4-6H2,1H3. The van der Waals surface area contributed by atoms with Gasteiger partial charge in [0.1, 0.15) is 24.0 Å². The first-order valence-electron chi connectivity index (χ1n) is 21.6. The summed E-state index contributed by atoms with van der Waals surface area (Å²) in [7, 11) is 3.80. The fourth-order valence-corrected chi connectivity index (χ4v) is 6.25. The number of hydrogen-bond donors (Lipinski definition) is 9. The smallest absolute Gasteiger partial charge is 0.274 e. The number of carbonyl (C=O) groups is 4. The molecule has 6 rings (SSSR count). The SMILES string of the molecule is CNCCNCc1ccc(C=O)nc1.CNc1cccc(-c2cccc(NC(=O)c3ccc(CNCCNC(C)=O)cn3)c2Cl)c1C.Nc1nc(NCCCC=O)ncn[nH]c(-c2ccco2)n1. The average molecular weight is 949 g/mol. The highest BCUT2D eigenvalue weighted by Crippen LogP contribution is 2.37. The van der Waals surface area contributed by atoms with Crippen LogP contribution in [0.5, 0.6) is 0 Å². The van der Waals surface area contributed by atoms with Crippen LogP contribution in [0.3, 0.4) is 0 Å². The normalized spacial score (nSPS) is 10.2. The predicted molar refractivity (Wildman–Crippen MR) is 265 cm³/mol. The van der Waals surface area contributed by atoms with E-state index in [-0.39, 0.29) is 23.7 Å². The van der Waals surface area contributed by atoms with E-state index in [1.54, 1.807) is 42.7 Å². The number of nitrogen functional groups attached to an aromatic ring is 1. The van der Waals surface area contributed by atoms with Gasteiger partial charge in [0.25, 0.3) is 5.91 Å². The number of H-pyrrole nitrogens is 1. The van der Waals surface area contributed by atoms with E-state index in [0.29, 0.717) is 72.7 Å². The quantitative estimate of drug-likeness (QED) is 0.0323. The summed E-state index contributed by atoms with van der Waals surface area (Å²) in [6.07, 6.45) is 8.92. The summed E-state index contributed by atoms with van der Waals surface area (Å²) in [6.45, 7) is 8.51. The van der Waals surface area contributed by atoms with Gasteiger partial charge in [-0.25, -0.2) is 0 Å². The molecule has 0 radical (unpaired) electrons. The van der Waals surface area contributed by atoms with Crippen molar-refractivity contribution in [2.75, 3.05) is 68.5 Å². The minimum Gasteiger partial charge on any atom is -0.461 e. The van der Waals surface area contributed by atoms with Crippen LogP contribution in [-0.2, 0) is 22.7 Å². The molecule has 0 spiro atoms. The summed E-state index contributed by atoms with van der Waals surface area (Å²) in [6, 6.07) is 22.1. The number of anilines is 4. The van der Waals surface area contributed by atoms with E-state index < -0.39 is 0 Å². The minimum absolute atomic E-state index is 0.000961. The number of aromatic amines is 1. The van der Waals surface area contributed by atoms with Crippen LogP contribution in [0.15, 0.2) is 102 Å². The highest BCUT2D eigenvalue weighted by molar-refractivity contribution is 6.36. The maximum Gasteiger partial charge on any atom is 0.274 e. The third kappa shape index (κ3) is 18.3. The van der Waals surface area contributed by atoms with Gasteiger partial charge < -0.3 is 52.2 Å². The van der Waals surface area contributed by atoms with Gasteiger partial charge in [-0.3, -0.25) is 29.5 Å². The molecule has 4 heterocycles. The molecule has 20 nitrogen and oxygen atoms in total. The molecule has 10 N–H and O–H groups in total. The number of furan rings is 1. The first-order chi connectivity index (χ1) is 33.1. The molecule has 4 aromatic heterocycles. The van der Waals surface area contributed by atoms with E-state index >= 15 is 0 Å². The van der Waals surface area contributed by atoms with Crippen molar-refractivity contribution in [1.29, 1.82) is 0 Å². The molecule has 0 fully saturated rings. The van der Waals surface area contributed by atoms with Crippen LogP contribution in [0.4, 0.5) is 23.3 Å². The van der Waals surface area contributed by atoms with E-state index in [9.17, 15) is 19.2 Å². The maximum absolute atomic E-state index is 12.8. The number of rotatable bonds is 21. The molecule has 68 heavy (non-hydrogen) atoms. The van der Waals surface area contributed by atoms with Crippen LogP contribution >= 0.6 is 11.6 Å². The van der Waals surface area contributed by atoms with Crippen molar-refractivity contribution in [3.8, 4) is 22.7 Å². The van der Waals surface area contributed by atoms with Gasteiger partial charge in [-0.05, 0) is 79.0 Å². The molecular formula is C47H58ClN15O5. The summed E-state index contributed by atoms with van der Waals surface area (Å²) in [5.74, 6) is 0.693. The van der Waals surface area contributed by atoms with E-state index in [1.165, 1.54) is 19.5 Å². The zero-order valence-corrected chi connectivity index (χ0v) is 39.2. The first-order valence-corrected chi connectivity index (χ1v) is 22.0. The minimum atomic E-state index is -0.333. The third-order valence-corrected chi connectivity index (χ3v) is 9.85. The Morgan fingerprint density at radius 2 is 1.53 bits per heavy atom. The first kappa shape index (κ1) is 53.0. The largest absolute Gasteiger partial charge is 0.461 e. The van der Waals surface area contributed by atoms with Crippen molar-refractivity contribution in [3.63, 3.8) is 0 Å². The highest BCUT2D eigenvalue weighted by Gasteiger charge is 2.15. The van der Waals surface area contributed by atoms with Gasteiger partial charge in [-0.1, -0.05) is 48.0 Å². The second-order valence-electron chi connectivity index (χ2n) is 14.5. The Morgan fingerprint density at radius 3 is 2.16 bits per heavy atom. The number of carbonyl (C=O) groups excluding carboxylic acids is 4. The van der Waals surface area contributed by atoms with E-state index in [4.69, 9.17) is 21.8 Å². The number of benzene rings is 2. The van der Waals surface area contributed by atoms with Crippen LogP contribution in [0.1, 0.15) is 57.4 Å². The molecule has 0 aliphatic rings. The summed E-state index contributed by atoms with van der Waals surface area (Å²) >= 11 is 6.68. The van der Waals surface area contributed by atoms with Crippen molar-refractivity contribution < 1.29 is 23.6 Å². The van der Waals surface area contributed by atoms with E-state index in [1.807, 2.05) is 63.5 Å². The molecule has 0 aliphatic carbocycles. The number of hydrogen-bond acceptors (Lipinski definition) is 17. The average Bonchev–Trinajstić information content (AvgIpc) is 3.91. The monoisotopic (exact) mass is 947 g/mol. The molecule has 2 aromatic carbocycles. The van der Waals surface area contributed by atoms with Crippen molar-refractivity contribution in [2.45, 2.75) is 39.8 Å². The van der Waals surface area contributed by atoms with Crippen molar-refractivity contribution in [2.24, 2.45) is 0 Å². The topological polar surface area (TPSA) is 285 Å². The van der Waals surface area contributed by atoms with E-state index in [0.717, 1.165) is 65.7 Å². The van der Waals surface area contributed by atoms with Crippen molar-refractivity contribution >= 4 is 59.3 Å². The van der Waals surface area contributed by atoms with Crippen LogP contribution in [0, 0.1) is 6.92 Å². The Bertz CT molecular complexity index is 2540. The molecule has 6 aromatic rings. The Hall–Kier alpha value is -7.65. The lowest BCUT2D eigenvalue weighted by atomic mass is 9.98. The lowest BCUT2D eigenvalue weighted by Crippen LogP contribution is -2.29.